The fourth-order valence-electron chi connectivity index (χ4n) is 0.530. The number of allylic oxidation sites excluding steroid dienone is 1. The van der Waals surface area contributed by atoms with E-state index in [-0.39, 0.29) is 0 Å². The zero-order valence-electron chi connectivity index (χ0n) is 7.89. The molecule has 0 spiro atoms. The molecule has 0 aliphatic rings. The quantitative estimate of drug-likeness (QED) is 0.551. The number of halogens is 10. The lowest BCUT2D eigenvalue weighted by atomic mass is 10.3. The molecule has 0 bridgehead atoms. The van der Waals surface area contributed by atoms with Crippen LogP contribution in [0.5, 0.6) is 0 Å². The van der Waals surface area contributed by atoms with Crippen LogP contribution >= 0.6 is 0 Å². The Hall–Kier alpha value is -1.42. The summed E-state index contributed by atoms with van der Waals surface area (Å²) in [6.07, 6.45) is -9.32. The van der Waals surface area contributed by atoms with Gasteiger partial charge in [0.25, 0.3) is 5.83 Å². The lowest BCUT2D eigenvalue weighted by Gasteiger charge is -2.14. The van der Waals surface area contributed by atoms with Gasteiger partial charge in [-0.3, -0.25) is 0 Å². The van der Waals surface area contributed by atoms with Crippen molar-refractivity contribution in [3.8, 4) is 0 Å². The van der Waals surface area contributed by atoms with Gasteiger partial charge in [0.1, 0.15) is 0 Å². The summed E-state index contributed by atoms with van der Waals surface area (Å²) in [6.45, 7) is -2.56. The monoisotopic (exact) mass is 292 g/mol. The summed E-state index contributed by atoms with van der Waals surface area (Å²) in [5.74, 6) is -11.9. The van der Waals surface area contributed by atoms with Gasteiger partial charge in [-0.1, -0.05) is 0 Å². The van der Waals surface area contributed by atoms with Gasteiger partial charge >= 0.3 is 24.2 Å². The SMILES string of the molecule is FC(F)=C(F)C(F)(F)CO/C(F)=C(\F)C(F)(F)F. The number of ether oxygens (including phenoxy) is 1. The van der Waals surface area contributed by atoms with Crippen molar-refractivity contribution >= 4 is 0 Å². The fourth-order valence-corrected chi connectivity index (χ4v) is 0.530. The zero-order chi connectivity index (χ0) is 14.7. The van der Waals surface area contributed by atoms with E-state index in [0.717, 1.165) is 0 Å². The van der Waals surface area contributed by atoms with E-state index in [2.05, 4.69) is 4.74 Å². The molecule has 0 amide bonds. The van der Waals surface area contributed by atoms with Crippen molar-refractivity contribution in [2.24, 2.45) is 0 Å². The van der Waals surface area contributed by atoms with Crippen molar-refractivity contribution < 1.29 is 48.6 Å². The topological polar surface area (TPSA) is 9.23 Å². The number of hydrogen-bond donors (Lipinski definition) is 0. The first kappa shape index (κ1) is 16.6. The zero-order valence-corrected chi connectivity index (χ0v) is 7.89. The van der Waals surface area contributed by atoms with Gasteiger partial charge in [0.15, 0.2) is 6.61 Å². The third kappa shape index (κ3) is 4.45. The van der Waals surface area contributed by atoms with Crippen molar-refractivity contribution in [2.45, 2.75) is 12.1 Å². The van der Waals surface area contributed by atoms with Gasteiger partial charge in [-0.05, 0) is 0 Å². The molecule has 0 unspecified atom stereocenters. The minimum absolute atomic E-state index is 2.56. The van der Waals surface area contributed by atoms with Crippen LogP contribution in [0.25, 0.3) is 0 Å². The Morgan fingerprint density at radius 2 is 1.22 bits per heavy atom. The summed E-state index contributed by atoms with van der Waals surface area (Å²) in [4.78, 5) is 0. The highest BCUT2D eigenvalue weighted by Gasteiger charge is 2.43. The maximum Gasteiger partial charge on any atom is 0.449 e. The first-order valence-electron chi connectivity index (χ1n) is 3.74. The Kier molecular flexibility index (Phi) is 5.05. The summed E-state index contributed by atoms with van der Waals surface area (Å²) in [5.41, 5.74) is 0. The Bertz CT molecular complexity index is 361. The average molecular weight is 292 g/mol. The highest BCUT2D eigenvalue weighted by Crippen LogP contribution is 2.33. The molecule has 0 N–H and O–H groups in total. The Morgan fingerprint density at radius 3 is 1.56 bits per heavy atom. The molecule has 0 aromatic carbocycles. The lowest BCUT2D eigenvalue weighted by molar-refractivity contribution is -0.121. The largest absolute Gasteiger partial charge is 0.462 e. The van der Waals surface area contributed by atoms with Gasteiger partial charge in [-0.25, -0.2) is 0 Å². The molecule has 0 saturated carbocycles. The predicted octanol–water partition coefficient (Wildman–Crippen LogP) is 4.39. The summed E-state index contributed by atoms with van der Waals surface area (Å²) in [5, 5.41) is 0. The van der Waals surface area contributed by atoms with Gasteiger partial charge in [-0.2, -0.15) is 43.9 Å². The van der Waals surface area contributed by atoms with Crippen molar-refractivity contribution in [1.82, 2.24) is 0 Å². The minimum Gasteiger partial charge on any atom is -0.462 e. The van der Waals surface area contributed by atoms with Crippen LogP contribution < -0.4 is 0 Å². The van der Waals surface area contributed by atoms with Crippen LogP contribution in [0.1, 0.15) is 0 Å². The third-order valence-corrected chi connectivity index (χ3v) is 1.29. The van der Waals surface area contributed by atoms with Crippen LogP contribution in [0.4, 0.5) is 43.9 Å². The molecular weight excluding hydrogens is 290 g/mol. The van der Waals surface area contributed by atoms with Gasteiger partial charge in [-0.15, -0.1) is 0 Å². The molecule has 11 heteroatoms. The highest BCUT2D eigenvalue weighted by atomic mass is 19.4. The molecular formula is C7H2F10O. The van der Waals surface area contributed by atoms with E-state index in [0.29, 0.717) is 0 Å². The third-order valence-electron chi connectivity index (χ3n) is 1.29. The number of rotatable bonds is 4. The second-order valence-corrected chi connectivity index (χ2v) is 2.65. The summed E-state index contributed by atoms with van der Waals surface area (Å²) in [6, 6.07) is -3.12. The van der Waals surface area contributed by atoms with Gasteiger partial charge in [0.2, 0.25) is 5.83 Å². The van der Waals surface area contributed by atoms with E-state index in [4.69, 9.17) is 0 Å². The number of alkyl halides is 5. The molecule has 18 heavy (non-hydrogen) atoms. The second-order valence-electron chi connectivity index (χ2n) is 2.65. The van der Waals surface area contributed by atoms with Gasteiger partial charge in [0, 0.05) is 0 Å². The second kappa shape index (κ2) is 5.48. The van der Waals surface area contributed by atoms with Gasteiger partial charge < -0.3 is 4.74 Å². The molecule has 0 rings (SSSR count). The molecule has 0 heterocycles. The van der Waals surface area contributed by atoms with Crippen molar-refractivity contribution in [1.29, 1.82) is 0 Å². The van der Waals surface area contributed by atoms with Crippen LogP contribution in [0.2, 0.25) is 0 Å². The van der Waals surface area contributed by atoms with E-state index < -0.39 is 42.5 Å². The van der Waals surface area contributed by atoms with E-state index in [9.17, 15) is 43.9 Å². The lowest BCUT2D eigenvalue weighted by Crippen LogP contribution is -2.25. The summed E-state index contributed by atoms with van der Waals surface area (Å²) in [7, 11) is 0. The first-order chi connectivity index (χ1) is 7.89. The first-order valence-corrected chi connectivity index (χ1v) is 3.74. The maximum absolute atomic E-state index is 12.4. The van der Waals surface area contributed by atoms with Crippen LogP contribution in [-0.2, 0) is 4.74 Å². The molecule has 0 aliphatic carbocycles. The molecule has 106 valence electrons. The van der Waals surface area contributed by atoms with Crippen LogP contribution in [0.15, 0.2) is 23.7 Å². The number of hydrogen-bond acceptors (Lipinski definition) is 1. The van der Waals surface area contributed by atoms with Crippen LogP contribution in [0.3, 0.4) is 0 Å². The summed E-state index contributed by atoms with van der Waals surface area (Å²) < 4.78 is 121. The molecule has 0 saturated heterocycles. The Morgan fingerprint density at radius 1 is 0.778 bits per heavy atom. The van der Waals surface area contributed by atoms with Crippen molar-refractivity contribution in [3.05, 3.63) is 23.7 Å². The maximum atomic E-state index is 12.4. The molecule has 1 nitrogen and oxygen atoms in total. The fraction of sp³-hybridized carbons (Fsp3) is 0.429. The van der Waals surface area contributed by atoms with E-state index in [1.165, 1.54) is 0 Å². The normalized spacial score (nSPS) is 14.1. The van der Waals surface area contributed by atoms with Crippen LogP contribution in [-0.4, -0.2) is 18.7 Å². The molecule has 0 atom stereocenters. The molecule has 0 aromatic heterocycles. The molecule has 0 aliphatic heterocycles. The Balaban J connectivity index is 4.85. The van der Waals surface area contributed by atoms with E-state index in [1.807, 2.05) is 0 Å². The smallest absolute Gasteiger partial charge is 0.449 e. The highest BCUT2D eigenvalue weighted by molar-refractivity contribution is 5.06. The Labute approximate surface area is 92.3 Å². The predicted molar refractivity (Wildman–Crippen MR) is 36.5 cm³/mol. The average Bonchev–Trinajstić information content (AvgIpc) is 2.22. The van der Waals surface area contributed by atoms with Crippen molar-refractivity contribution in [3.63, 3.8) is 0 Å². The van der Waals surface area contributed by atoms with E-state index in [1.54, 1.807) is 0 Å². The molecule has 0 aromatic rings. The summed E-state index contributed by atoms with van der Waals surface area (Å²) >= 11 is 0. The van der Waals surface area contributed by atoms with Crippen LogP contribution in [0, 0.1) is 0 Å². The van der Waals surface area contributed by atoms with Crippen molar-refractivity contribution in [2.75, 3.05) is 6.61 Å². The minimum atomic E-state index is -5.85. The molecule has 0 radical (unpaired) electrons. The molecule has 0 fully saturated rings. The standard InChI is InChI=1S/C7H2F10O/c8-2(4(10)11)6(13,14)1-18-5(12)3(9)7(15,16)17/h1H2/b5-3-. The van der Waals surface area contributed by atoms with E-state index >= 15 is 0 Å². The van der Waals surface area contributed by atoms with Gasteiger partial charge in [0.05, 0.1) is 0 Å².